The largest absolute Gasteiger partial charge is 0.388 e. The first-order valence-electron chi connectivity index (χ1n) is 3.08. The molecule has 0 radical (unpaired) electrons. The summed E-state index contributed by atoms with van der Waals surface area (Å²) in [6, 6.07) is 0. The highest BCUT2D eigenvalue weighted by Gasteiger charge is 2.32. The van der Waals surface area contributed by atoms with Gasteiger partial charge in [-0.15, -0.1) is 0 Å². The average molecular weight is 132 g/mol. The molecule has 1 saturated heterocycles. The standard InChI is InChI=1S/C6H12O3/c1-4-6(8-2)5(7)3-9-4/h4-7H,3H2,1-2H3/t4-,5-,6?/m0/s1. The van der Waals surface area contributed by atoms with Crippen LogP contribution in [0.15, 0.2) is 0 Å². The molecule has 1 aliphatic rings. The van der Waals surface area contributed by atoms with E-state index in [2.05, 4.69) is 0 Å². The van der Waals surface area contributed by atoms with Gasteiger partial charge in [0.2, 0.25) is 0 Å². The van der Waals surface area contributed by atoms with Gasteiger partial charge in [0.25, 0.3) is 0 Å². The molecule has 9 heavy (non-hydrogen) atoms. The second-order valence-corrected chi connectivity index (χ2v) is 2.31. The fourth-order valence-electron chi connectivity index (χ4n) is 1.10. The summed E-state index contributed by atoms with van der Waals surface area (Å²) >= 11 is 0. The van der Waals surface area contributed by atoms with Gasteiger partial charge in [0.05, 0.1) is 12.7 Å². The lowest BCUT2D eigenvalue weighted by atomic mass is 10.2. The first kappa shape index (κ1) is 6.99. The van der Waals surface area contributed by atoms with Crippen molar-refractivity contribution < 1.29 is 14.6 Å². The van der Waals surface area contributed by atoms with E-state index < -0.39 is 6.10 Å². The minimum absolute atomic E-state index is 0.0324. The van der Waals surface area contributed by atoms with Crippen LogP contribution in [0, 0.1) is 0 Å². The molecule has 0 aromatic heterocycles. The maximum absolute atomic E-state index is 9.11. The molecule has 0 aromatic rings. The van der Waals surface area contributed by atoms with Crippen molar-refractivity contribution in [3.63, 3.8) is 0 Å². The summed E-state index contributed by atoms with van der Waals surface area (Å²) < 4.78 is 10.1. The molecule has 3 atom stereocenters. The van der Waals surface area contributed by atoms with Crippen LogP contribution in [0.3, 0.4) is 0 Å². The zero-order valence-corrected chi connectivity index (χ0v) is 5.70. The SMILES string of the molecule is COC1[C@H](C)OC[C@@H]1O. The van der Waals surface area contributed by atoms with Crippen molar-refractivity contribution in [1.82, 2.24) is 0 Å². The Morgan fingerprint density at radius 2 is 2.33 bits per heavy atom. The van der Waals surface area contributed by atoms with Gasteiger partial charge >= 0.3 is 0 Å². The van der Waals surface area contributed by atoms with Crippen LogP contribution >= 0.6 is 0 Å². The minimum atomic E-state index is -0.440. The molecule has 0 spiro atoms. The molecular weight excluding hydrogens is 120 g/mol. The van der Waals surface area contributed by atoms with E-state index in [0.717, 1.165) is 0 Å². The Morgan fingerprint density at radius 3 is 2.56 bits per heavy atom. The number of hydrogen-bond donors (Lipinski definition) is 1. The Kier molecular flexibility index (Phi) is 2.05. The number of methoxy groups -OCH3 is 1. The molecule has 1 unspecified atom stereocenters. The van der Waals surface area contributed by atoms with Gasteiger partial charge in [0.15, 0.2) is 0 Å². The number of hydrogen-bond acceptors (Lipinski definition) is 3. The second kappa shape index (κ2) is 2.64. The van der Waals surface area contributed by atoms with E-state index in [9.17, 15) is 0 Å². The molecule has 1 rings (SSSR count). The molecule has 3 nitrogen and oxygen atoms in total. The third kappa shape index (κ3) is 1.23. The predicted molar refractivity (Wildman–Crippen MR) is 32.2 cm³/mol. The summed E-state index contributed by atoms with van der Waals surface area (Å²) in [5, 5.41) is 9.11. The van der Waals surface area contributed by atoms with Gasteiger partial charge in [0.1, 0.15) is 12.2 Å². The van der Waals surface area contributed by atoms with E-state index in [1.165, 1.54) is 0 Å². The molecule has 1 fully saturated rings. The van der Waals surface area contributed by atoms with Crippen LogP contribution in [0.1, 0.15) is 6.92 Å². The van der Waals surface area contributed by atoms with Crippen molar-refractivity contribution in [3.8, 4) is 0 Å². The molecule has 1 heterocycles. The van der Waals surface area contributed by atoms with Crippen LogP contribution in [-0.4, -0.2) is 37.1 Å². The lowest BCUT2D eigenvalue weighted by Gasteiger charge is -2.13. The number of rotatable bonds is 1. The molecule has 0 aromatic carbocycles. The van der Waals surface area contributed by atoms with Crippen LogP contribution in [0.4, 0.5) is 0 Å². The minimum Gasteiger partial charge on any atom is -0.388 e. The van der Waals surface area contributed by atoms with Crippen molar-refractivity contribution in [2.45, 2.75) is 25.2 Å². The zero-order chi connectivity index (χ0) is 6.85. The van der Waals surface area contributed by atoms with Crippen LogP contribution in [0.25, 0.3) is 0 Å². The maximum Gasteiger partial charge on any atom is 0.111 e. The fraction of sp³-hybridized carbons (Fsp3) is 1.00. The maximum atomic E-state index is 9.11. The Labute approximate surface area is 54.6 Å². The summed E-state index contributed by atoms with van der Waals surface area (Å²) in [7, 11) is 1.58. The van der Waals surface area contributed by atoms with Crippen molar-refractivity contribution in [3.05, 3.63) is 0 Å². The highest BCUT2D eigenvalue weighted by Crippen LogP contribution is 2.15. The van der Waals surface area contributed by atoms with Gasteiger partial charge in [-0.2, -0.15) is 0 Å². The predicted octanol–water partition coefficient (Wildman–Crippen LogP) is -0.219. The molecule has 1 aliphatic heterocycles. The third-order valence-electron chi connectivity index (χ3n) is 1.64. The normalized spacial score (nSPS) is 43.7. The molecule has 0 saturated carbocycles. The molecule has 3 heteroatoms. The monoisotopic (exact) mass is 132 g/mol. The smallest absolute Gasteiger partial charge is 0.111 e. The van der Waals surface area contributed by atoms with Crippen molar-refractivity contribution >= 4 is 0 Å². The number of aliphatic hydroxyl groups is 1. The van der Waals surface area contributed by atoms with Crippen molar-refractivity contribution in [2.24, 2.45) is 0 Å². The summed E-state index contributed by atoms with van der Waals surface area (Å²) in [5.74, 6) is 0. The zero-order valence-electron chi connectivity index (χ0n) is 5.70. The molecule has 0 bridgehead atoms. The van der Waals surface area contributed by atoms with Crippen LogP contribution < -0.4 is 0 Å². The van der Waals surface area contributed by atoms with E-state index >= 15 is 0 Å². The van der Waals surface area contributed by atoms with E-state index in [4.69, 9.17) is 14.6 Å². The van der Waals surface area contributed by atoms with Gasteiger partial charge in [-0.05, 0) is 6.92 Å². The Balaban J connectivity index is 2.44. The number of ether oxygens (including phenoxy) is 2. The first-order chi connectivity index (χ1) is 4.25. The first-order valence-corrected chi connectivity index (χ1v) is 3.08. The molecule has 0 aliphatic carbocycles. The summed E-state index contributed by atoms with van der Waals surface area (Å²) in [4.78, 5) is 0. The highest BCUT2D eigenvalue weighted by molar-refractivity contribution is 4.80. The fourth-order valence-corrected chi connectivity index (χ4v) is 1.10. The van der Waals surface area contributed by atoms with Crippen LogP contribution in [-0.2, 0) is 9.47 Å². The van der Waals surface area contributed by atoms with Gasteiger partial charge in [-0.3, -0.25) is 0 Å². The third-order valence-corrected chi connectivity index (χ3v) is 1.64. The molecule has 54 valence electrons. The summed E-state index contributed by atoms with van der Waals surface area (Å²) in [5.41, 5.74) is 0. The van der Waals surface area contributed by atoms with E-state index in [1.54, 1.807) is 7.11 Å². The second-order valence-electron chi connectivity index (χ2n) is 2.31. The van der Waals surface area contributed by atoms with E-state index in [0.29, 0.717) is 6.61 Å². The molecular formula is C6H12O3. The van der Waals surface area contributed by atoms with Gasteiger partial charge in [0, 0.05) is 7.11 Å². The Hall–Kier alpha value is -0.120. The van der Waals surface area contributed by atoms with E-state index in [1.807, 2.05) is 6.92 Å². The van der Waals surface area contributed by atoms with Gasteiger partial charge in [-0.1, -0.05) is 0 Å². The molecule has 0 amide bonds. The van der Waals surface area contributed by atoms with Gasteiger partial charge < -0.3 is 14.6 Å². The van der Waals surface area contributed by atoms with Crippen LogP contribution in [0.5, 0.6) is 0 Å². The Bertz CT molecular complexity index is 84.3. The summed E-state index contributed by atoms with van der Waals surface area (Å²) in [6.45, 7) is 2.30. The van der Waals surface area contributed by atoms with Crippen molar-refractivity contribution in [2.75, 3.05) is 13.7 Å². The average Bonchev–Trinajstić information content (AvgIpc) is 2.12. The lowest BCUT2D eigenvalue weighted by molar-refractivity contribution is -0.00360. The van der Waals surface area contributed by atoms with Crippen molar-refractivity contribution in [1.29, 1.82) is 0 Å². The summed E-state index contributed by atoms with van der Waals surface area (Å²) in [6.07, 6.45) is -0.542. The lowest BCUT2D eigenvalue weighted by Crippen LogP contribution is -2.30. The Morgan fingerprint density at radius 1 is 1.67 bits per heavy atom. The topological polar surface area (TPSA) is 38.7 Å². The van der Waals surface area contributed by atoms with E-state index in [-0.39, 0.29) is 12.2 Å². The molecule has 1 N–H and O–H groups in total. The quantitative estimate of drug-likeness (QED) is 0.536. The van der Waals surface area contributed by atoms with Crippen LogP contribution in [0.2, 0.25) is 0 Å². The number of aliphatic hydroxyl groups excluding tert-OH is 1. The van der Waals surface area contributed by atoms with Gasteiger partial charge in [-0.25, -0.2) is 0 Å². The highest BCUT2D eigenvalue weighted by atomic mass is 16.6.